The first kappa shape index (κ1) is 19.7. The number of anilines is 2. The first-order valence-electron chi connectivity index (χ1n) is 10.7. The topological polar surface area (TPSA) is 115 Å². The zero-order chi connectivity index (χ0) is 20.4. The molecule has 8 heteroatoms. The van der Waals surface area contributed by atoms with Crippen molar-refractivity contribution in [1.82, 2.24) is 19.9 Å². The fraction of sp³-hybridized carbons (Fsp3) is 0.619. The predicted molar refractivity (Wildman–Crippen MR) is 114 cm³/mol. The van der Waals surface area contributed by atoms with Gasteiger partial charge in [-0.1, -0.05) is 19.3 Å². The molecule has 29 heavy (non-hydrogen) atoms. The second-order valence-electron chi connectivity index (χ2n) is 8.42. The van der Waals surface area contributed by atoms with E-state index in [0.717, 1.165) is 56.8 Å². The number of fused-ring (bicyclic) bond motifs is 1. The minimum atomic E-state index is -0.0811. The first-order valence-corrected chi connectivity index (χ1v) is 10.7. The van der Waals surface area contributed by atoms with E-state index in [4.69, 9.17) is 10.7 Å². The van der Waals surface area contributed by atoms with Gasteiger partial charge in [0.05, 0.1) is 5.39 Å². The number of amides is 1. The first-order chi connectivity index (χ1) is 14.0. The fourth-order valence-electron chi connectivity index (χ4n) is 4.76. The van der Waals surface area contributed by atoms with Crippen LogP contribution in [0, 0.1) is 0 Å². The predicted octanol–water partition coefficient (Wildman–Crippen LogP) is 2.74. The molecule has 0 radical (unpaired) electrons. The highest BCUT2D eigenvalue weighted by molar-refractivity contribution is 5.87. The van der Waals surface area contributed by atoms with E-state index in [0.29, 0.717) is 17.3 Å². The van der Waals surface area contributed by atoms with Crippen molar-refractivity contribution >= 4 is 28.6 Å². The zero-order valence-electron chi connectivity index (χ0n) is 17.0. The number of carbonyl (C=O) groups excluding carboxylic acids is 1. The van der Waals surface area contributed by atoms with Crippen molar-refractivity contribution in [3.8, 4) is 0 Å². The number of nitrogens with two attached hydrogens (primary N) is 1. The molecule has 0 bridgehead atoms. The second-order valence-corrected chi connectivity index (χ2v) is 8.42. The fourth-order valence-corrected chi connectivity index (χ4v) is 4.76. The van der Waals surface area contributed by atoms with Crippen LogP contribution in [0.3, 0.4) is 0 Å². The van der Waals surface area contributed by atoms with Crippen LogP contribution < -0.4 is 21.9 Å². The summed E-state index contributed by atoms with van der Waals surface area (Å²) in [6.07, 6.45) is 11.0. The third kappa shape index (κ3) is 4.36. The molecular formula is C21H30N6O2. The number of nitrogens with zero attached hydrogens (tertiary/aromatic N) is 3. The normalized spacial score (nSPS) is 23.1. The van der Waals surface area contributed by atoms with Gasteiger partial charge in [0.25, 0.3) is 5.56 Å². The lowest BCUT2D eigenvalue weighted by atomic mass is 9.91. The van der Waals surface area contributed by atoms with E-state index < -0.39 is 0 Å². The summed E-state index contributed by atoms with van der Waals surface area (Å²) in [4.78, 5) is 33.2. The average molecular weight is 399 g/mol. The van der Waals surface area contributed by atoms with Gasteiger partial charge in [-0.3, -0.25) is 14.2 Å². The molecule has 0 aliphatic heterocycles. The molecule has 0 spiro atoms. The molecule has 2 aromatic heterocycles. The van der Waals surface area contributed by atoms with Gasteiger partial charge in [0, 0.05) is 43.0 Å². The Bertz CT molecular complexity index is 942. The zero-order valence-corrected chi connectivity index (χ0v) is 17.0. The number of carbonyl (C=O) groups is 1. The second kappa shape index (κ2) is 8.39. The molecule has 2 aromatic rings. The van der Waals surface area contributed by atoms with Gasteiger partial charge in [-0.2, -0.15) is 4.98 Å². The standard InChI is InChI=1S/C21H30N6O2/c1-13(28)24-14-7-9-15(10-8-14)25-21-23-12-17-18(22)11-19(29)27(20(17)26-21)16-5-3-2-4-6-16/h11-12,14-16H,2-10,22H2,1H3,(H,24,28)(H,23,25,26). The highest BCUT2D eigenvalue weighted by Gasteiger charge is 2.24. The molecule has 0 saturated heterocycles. The summed E-state index contributed by atoms with van der Waals surface area (Å²) in [6.45, 7) is 1.56. The van der Waals surface area contributed by atoms with E-state index in [2.05, 4.69) is 15.6 Å². The minimum Gasteiger partial charge on any atom is -0.398 e. The van der Waals surface area contributed by atoms with Crippen molar-refractivity contribution < 1.29 is 4.79 Å². The Morgan fingerprint density at radius 2 is 1.79 bits per heavy atom. The van der Waals surface area contributed by atoms with Gasteiger partial charge in [-0.15, -0.1) is 0 Å². The summed E-state index contributed by atoms with van der Waals surface area (Å²) in [5.74, 6) is 0.563. The quantitative estimate of drug-likeness (QED) is 0.729. The van der Waals surface area contributed by atoms with Crippen LogP contribution in [0.25, 0.3) is 11.0 Å². The Balaban J connectivity index is 1.57. The maximum Gasteiger partial charge on any atom is 0.254 e. The molecule has 2 fully saturated rings. The molecule has 0 aromatic carbocycles. The summed E-state index contributed by atoms with van der Waals surface area (Å²) < 4.78 is 1.82. The van der Waals surface area contributed by atoms with Gasteiger partial charge in [-0.25, -0.2) is 4.98 Å². The molecular weight excluding hydrogens is 368 g/mol. The molecule has 2 aliphatic rings. The molecule has 2 saturated carbocycles. The van der Waals surface area contributed by atoms with Crippen LogP contribution >= 0.6 is 0 Å². The molecule has 2 aliphatic carbocycles. The van der Waals surface area contributed by atoms with Crippen molar-refractivity contribution in [1.29, 1.82) is 0 Å². The third-order valence-electron chi connectivity index (χ3n) is 6.23. The van der Waals surface area contributed by atoms with Crippen molar-refractivity contribution in [2.75, 3.05) is 11.1 Å². The van der Waals surface area contributed by atoms with Gasteiger partial charge in [0.1, 0.15) is 0 Å². The van der Waals surface area contributed by atoms with Crippen molar-refractivity contribution in [2.24, 2.45) is 0 Å². The summed E-state index contributed by atoms with van der Waals surface area (Å²) in [7, 11) is 0. The van der Waals surface area contributed by atoms with Crippen molar-refractivity contribution in [3.05, 3.63) is 22.6 Å². The Kier molecular flexibility index (Phi) is 5.69. The Hall–Kier alpha value is -2.64. The van der Waals surface area contributed by atoms with Crippen LogP contribution in [-0.4, -0.2) is 32.5 Å². The molecule has 8 nitrogen and oxygen atoms in total. The smallest absolute Gasteiger partial charge is 0.254 e. The van der Waals surface area contributed by atoms with Gasteiger partial charge >= 0.3 is 0 Å². The summed E-state index contributed by atoms with van der Waals surface area (Å²) in [5.41, 5.74) is 7.08. The van der Waals surface area contributed by atoms with Gasteiger partial charge in [0.2, 0.25) is 11.9 Å². The van der Waals surface area contributed by atoms with Crippen LogP contribution in [0.5, 0.6) is 0 Å². The molecule has 2 heterocycles. The van der Waals surface area contributed by atoms with E-state index in [1.807, 2.05) is 4.57 Å². The Morgan fingerprint density at radius 1 is 1.10 bits per heavy atom. The van der Waals surface area contributed by atoms with Crippen LogP contribution in [0.15, 0.2) is 17.1 Å². The highest BCUT2D eigenvalue weighted by atomic mass is 16.1. The number of pyridine rings is 1. The molecule has 0 unspecified atom stereocenters. The Morgan fingerprint density at radius 3 is 2.48 bits per heavy atom. The van der Waals surface area contributed by atoms with Crippen LogP contribution in [0.2, 0.25) is 0 Å². The molecule has 4 rings (SSSR count). The van der Waals surface area contributed by atoms with Gasteiger partial charge in [0.15, 0.2) is 5.65 Å². The monoisotopic (exact) mass is 398 g/mol. The van der Waals surface area contributed by atoms with Crippen LogP contribution in [0.4, 0.5) is 11.6 Å². The van der Waals surface area contributed by atoms with E-state index >= 15 is 0 Å². The molecule has 0 atom stereocenters. The number of nitrogen functional groups attached to an aromatic ring is 1. The summed E-state index contributed by atoms with van der Waals surface area (Å²) >= 11 is 0. The number of hydrogen-bond donors (Lipinski definition) is 3. The number of aromatic nitrogens is 3. The number of rotatable bonds is 4. The van der Waals surface area contributed by atoms with E-state index in [1.54, 1.807) is 13.1 Å². The third-order valence-corrected chi connectivity index (χ3v) is 6.23. The molecule has 4 N–H and O–H groups in total. The lowest BCUT2D eigenvalue weighted by Crippen LogP contribution is -2.39. The average Bonchev–Trinajstić information content (AvgIpc) is 2.70. The van der Waals surface area contributed by atoms with E-state index in [9.17, 15) is 9.59 Å². The maximum absolute atomic E-state index is 12.7. The largest absolute Gasteiger partial charge is 0.398 e. The maximum atomic E-state index is 12.7. The lowest BCUT2D eigenvalue weighted by Gasteiger charge is -2.29. The van der Waals surface area contributed by atoms with Crippen LogP contribution in [-0.2, 0) is 4.79 Å². The van der Waals surface area contributed by atoms with Gasteiger partial charge in [-0.05, 0) is 38.5 Å². The molecule has 1 amide bonds. The number of hydrogen-bond acceptors (Lipinski definition) is 6. The summed E-state index contributed by atoms with van der Waals surface area (Å²) in [5, 5.41) is 7.15. The van der Waals surface area contributed by atoms with E-state index in [1.165, 1.54) is 12.5 Å². The van der Waals surface area contributed by atoms with Crippen LogP contribution in [0.1, 0.15) is 70.8 Å². The van der Waals surface area contributed by atoms with E-state index in [-0.39, 0.29) is 29.6 Å². The highest BCUT2D eigenvalue weighted by Crippen LogP contribution is 2.30. The van der Waals surface area contributed by atoms with Crippen molar-refractivity contribution in [3.63, 3.8) is 0 Å². The number of nitrogens with one attached hydrogen (secondary N) is 2. The van der Waals surface area contributed by atoms with Gasteiger partial charge < -0.3 is 16.4 Å². The lowest BCUT2D eigenvalue weighted by molar-refractivity contribution is -0.119. The SMILES string of the molecule is CC(=O)NC1CCC(Nc2ncc3c(N)cc(=O)n(C4CCCCC4)c3n2)CC1. The minimum absolute atomic E-state index is 0.0255. The molecule has 156 valence electrons. The van der Waals surface area contributed by atoms with Crippen molar-refractivity contribution in [2.45, 2.75) is 82.8 Å². The summed E-state index contributed by atoms with van der Waals surface area (Å²) in [6, 6.07) is 2.18. The Labute approximate surface area is 170 Å².